The zero-order valence-electron chi connectivity index (χ0n) is 13.3. The van der Waals surface area contributed by atoms with Crippen LogP contribution in [0.15, 0.2) is 12.1 Å². The van der Waals surface area contributed by atoms with Crippen LogP contribution >= 0.6 is 0 Å². The van der Waals surface area contributed by atoms with Crippen molar-refractivity contribution in [3.8, 4) is 0 Å². The van der Waals surface area contributed by atoms with E-state index in [1.807, 2.05) is 13.8 Å². The number of nitrogens with one attached hydrogen (secondary N) is 1. The second-order valence-corrected chi connectivity index (χ2v) is 5.44. The fraction of sp³-hybridized carbons (Fsp3) is 0.625. The zero-order valence-corrected chi connectivity index (χ0v) is 13.3. The fourth-order valence-corrected chi connectivity index (χ4v) is 2.00. The van der Waals surface area contributed by atoms with Crippen LogP contribution in [0, 0.1) is 5.92 Å². The summed E-state index contributed by atoms with van der Waals surface area (Å²) >= 11 is 0. The van der Waals surface area contributed by atoms with Gasteiger partial charge in [0.15, 0.2) is 0 Å². The maximum absolute atomic E-state index is 11.2. The number of ether oxygens (including phenoxy) is 1. The molecule has 1 aromatic rings. The van der Waals surface area contributed by atoms with Crippen molar-refractivity contribution in [3.05, 3.63) is 23.4 Å². The van der Waals surface area contributed by atoms with Gasteiger partial charge in [-0.3, -0.25) is 0 Å². The van der Waals surface area contributed by atoms with Crippen LogP contribution in [0.25, 0.3) is 0 Å². The van der Waals surface area contributed by atoms with Crippen molar-refractivity contribution in [1.82, 2.24) is 4.98 Å². The average Bonchev–Trinajstić information content (AvgIpc) is 2.43. The van der Waals surface area contributed by atoms with E-state index >= 15 is 0 Å². The van der Waals surface area contributed by atoms with Gasteiger partial charge < -0.3 is 15.2 Å². The van der Waals surface area contributed by atoms with Crippen LogP contribution in [0.3, 0.4) is 0 Å². The highest BCUT2D eigenvalue weighted by molar-refractivity contribution is 5.88. The molecule has 0 fully saturated rings. The Morgan fingerprint density at radius 1 is 1.38 bits per heavy atom. The van der Waals surface area contributed by atoms with Crippen molar-refractivity contribution in [2.75, 3.05) is 18.5 Å². The quantitative estimate of drug-likeness (QED) is 0.731. The number of hydrogen-bond donors (Lipinski definition) is 2. The van der Waals surface area contributed by atoms with Gasteiger partial charge in [-0.1, -0.05) is 27.2 Å². The Balaban J connectivity index is 2.95. The van der Waals surface area contributed by atoms with E-state index in [-0.39, 0.29) is 11.6 Å². The van der Waals surface area contributed by atoms with Crippen molar-refractivity contribution >= 4 is 11.8 Å². The highest BCUT2D eigenvalue weighted by Crippen LogP contribution is 2.16. The molecule has 0 aliphatic rings. The lowest BCUT2D eigenvalue weighted by Gasteiger charge is -2.23. The Morgan fingerprint density at radius 3 is 2.62 bits per heavy atom. The lowest BCUT2D eigenvalue weighted by molar-refractivity contribution is 0.0696. The minimum atomic E-state index is -0.927. The Hall–Kier alpha value is -1.62. The molecule has 0 aliphatic heterocycles. The third kappa shape index (κ3) is 5.71. The standard InChI is InChI=1S/C16H26N2O3/c1-5-7-13-8-12(16(19)20)9-15(17-13)18-14(11(3)4)10-21-6-2/h8-9,11,14H,5-7,10H2,1-4H3,(H,17,18)(H,19,20). The molecule has 0 aliphatic carbocycles. The predicted octanol–water partition coefficient (Wildman–Crippen LogP) is 3.21. The molecule has 0 bridgehead atoms. The summed E-state index contributed by atoms with van der Waals surface area (Å²) in [5.41, 5.74) is 1.08. The van der Waals surface area contributed by atoms with Crippen LogP contribution in [0.4, 0.5) is 5.82 Å². The minimum absolute atomic E-state index is 0.107. The van der Waals surface area contributed by atoms with Gasteiger partial charge in [0, 0.05) is 12.3 Å². The number of carbonyl (C=O) groups is 1. The highest BCUT2D eigenvalue weighted by Gasteiger charge is 2.16. The van der Waals surface area contributed by atoms with Gasteiger partial charge in [0.25, 0.3) is 0 Å². The van der Waals surface area contributed by atoms with Crippen molar-refractivity contribution in [2.45, 2.75) is 46.6 Å². The van der Waals surface area contributed by atoms with E-state index in [9.17, 15) is 9.90 Å². The van der Waals surface area contributed by atoms with Crippen LogP contribution in [0.2, 0.25) is 0 Å². The molecule has 0 spiro atoms. The van der Waals surface area contributed by atoms with Crippen molar-refractivity contribution in [2.24, 2.45) is 5.92 Å². The fourth-order valence-electron chi connectivity index (χ4n) is 2.00. The number of aromatic nitrogens is 1. The molecule has 0 saturated carbocycles. The first-order valence-electron chi connectivity index (χ1n) is 7.56. The number of aryl methyl sites for hydroxylation is 1. The Bertz CT molecular complexity index is 461. The van der Waals surface area contributed by atoms with Crippen molar-refractivity contribution < 1.29 is 14.6 Å². The summed E-state index contributed by atoms with van der Waals surface area (Å²) in [6.07, 6.45) is 1.70. The van der Waals surface area contributed by atoms with Crippen LogP contribution in [-0.2, 0) is 11.2 Å². The van der Waals surface area contributed by atoms with Crippen LogP contribution in [0.1, 0.15) is 50.2 Å². The van der Waals surface area contributed by atoms with Crippen molar-refractivity contribution in [3.63, 3.8) is 0 Å². The molecule has 118 valence electrons. The van der Waals surface area contributed by atoms with Crippen LogP contribution in [0.5, 0.6) is 0 Å². The molecule has 1 aromatic heterocycles. The van der Waals surface area contributed by atoms with E-state index in [0.717, 1.165) is 18.5 Å². The maximum Gasteiger partial charge on any atom is 0.335 e. The Labute approximate surface area is 126 Å². The van der Waals surface area contributed by atoms with Gasteiger partial charge in [0.05, 0.1) is 18.2 Å². The summed E-state index contributed by atoms with van der Waals surface area (Å²) < 4.78 is 5.48. The first kappa shape index (κ1) is 17.4. The van der Waals surface area contributed by atoms with Crippen LogP contribution < -0.4 is 5.32 Å². The lowest BCUT2D eigenvalue weighted by Crippen LogP contribution is -2.31. The van der Waals surface area contributed by atoms with Crippen molar-refractivity contribution in [1.29, 1.82) is 0 Å². The molecule has 21 heavy (non-hydrogen) atoms. The molecule has 1 heterocycles. The van der Waals surface area contributed by atoms with E-state index in [2.05, 4.69) is 24.1 Å². The average molecular weight is 294 g/mol. The number of carboxylic acids is 1. The molecule has 5 nitrogen and oxygen atoms in total. The number of hydrogen-bond acceptors (Lipinski definition) is 4. The first-order chi connectivity index (χ1) is 9.97. The summed E-state index contributed by atoms with van der Waals surface area (Å²) in [6.45, 7) is 9.45. The molecule has 1 atom stereocenters. The van der Waals surface area contributed by atoms with Gasteiger partial charge in [-0.05, 0) is 31.4 Å². The first-order valence-corrected chi connectivity index (χ1v) is 7.56. The molecular weight excluding hydrogens is 268 g/mol. The summed E-state index contributed by atoms with van der Waals surface area (Å²) in [7, 11) is 0. The molecule has 1 rings (SSSR count). The van der Waals surface area contributed by atoms with Gasteiger partial charge in [0.2, 0.25) is 0 Å². The number of nitrogens with zero attached hydrogens (tertiary/aromatic N) is 1. The van der Waals surface area contributed by atoms with E-state index in [0.29, 0.717) is 24.9 Å². The topological polar surface area (TPSA) is 71.5 Å². The predicted molar refractivity (Wildman–Crippen MR) is 83.9 cm³/mol. The second-order valence-electron chi connectivity index (χ2n) is 5.44. The highest BCUT2D eigenvalue weighted by atomic mass is 16.5. The monoisotopic (exact) mass is 294 g/mol. The zero-order chi connectivity index (χ0) is 15.8. The Morgan fingerprint density at radius 2 is 2.10 bits per heavy atom. The summed E-state index contributed by atoms with van der Waals surface area (Å²) in [5.74, 6) is 0.0434. The summed E-state index contributed by atoms with van der Waals surface area (Å²) in [6, 6.07) is 3.34. The molecular formula is C16H26N2O3. The molecule has 2 N–H and O–H groups in total. The SMILES string of the molecule is CCCc1cc(C(=O)O)cc(NC(COCC)C(C)C)n1. The van der Waals surface area contributed by atoms with E-state index in [4.69, 9.17) is 4.74 Å². The van der Waals surface area contributed by atoms with Gasteiger partial charge in [-0.2, -0.15) is 0 Å². The van der Waals surface area contributed by atoms with E-state index < -0.39 is 5.97 Å². The van der Waals surface area contributed by atoms with E-state index in [1.165, 1.54) is 0 Å². The normalized spacial score (nSPS) is 12.4. The third-order valence-electron chi connectivity index (χ3n) is 3.27. The van der Waals surface area contributed by atoms with E-state index in [1.54, 1.807) is 12.1 Å². The molecule has 1 unspecified atom stereocenters. The van der Waals surface area contributed by atoms with Gasteiger partial charge in [-0.25, -0.2) is 9.78 Å². The molecule has 0 aromatic carbocycles. The van der Waals surface area contributed by atoms with Gasteiger partial charge >= 0.3 is 5.97 Å². The second kappa shape index (κ2) is 8.62. The number of aromatic carboxylic acids is 1. The van der Waals surface area contributed by atoms with Gasteiger partial charge in [0.1, 0.15) is 5.82 Å². The third-order valence-corrected chi connectivity index (χ3v) is 3.27. The molecule has 0 radical (unpaired) electrons. The maximum atomic E-state index is 11.2. The number of pyridine rings is 1. The van der Waals surface area contributed by atoms with Crippen LogP contribution in [-0.4, -0.2) is 35.3 Å². The Kier molecular flexibility index (Phi) is 7.15. The molecule has 0 saturated heterocycles. The largest absolute Gasteiger partial charge is 0.478 e. The smallest absolute Gasteiger partial charge is 0.335 e. The summed E-state index contributed by atoms with van der Waals surface area (Å²) in [4.78, 5) is 15.7. The number of rotatable bonds is 9. The number of anilines is 1. The molecule has 5 heteroatoms. The molecule has 0 amide bonds. The number of carboxylic acid groups (broad SMARTS) is 1. The minimum Gasteiger partial charge on any atom is -0.478 e. The summed E-state index contributed by atoms with van der Waals surface area (Å²) in [5, 5.41) is 12.5. The lowest BCUT2D eigenvalue weighted by atomic mass is 10.1. The van der Waals surface area contributed by atoms with Gasteiger partial charge in [-0.15, -0.1) is 0 Å².